The van der Waals surface area contributed by atoms with Crippen molar-refractivity contribution in [1.29, 1.82) is 0 Å². The summed E-state index contributed by atoms with van der Waals surface area (Å²) in [4.78, 5) is 13.6. The van der Waals surface area contributed by atoms with Crippen LogP contribution in [-0.4, -0.2) is 50.1 Å². The smallest absolute Gasteiger partial charge is 0.411 e. The molecule has 0 fully saturated rings. The van der Waals surface area contributed by atoms with Gasteiger partial charge in [0.2, 0.25) is 0 Å². The monoisotopic (exact) mass is 393 g/mol. The van der Waals surface area contributed by atoms with Gasteiger partial charge in [0, 0.05) is 13.0 Å². The Labute approximate surface area is 161 Å². The Morgan fingerprint density at radius 3 is 2.14 bits per heavy atom. The predicted octanol–water partition coefficient (Wildman–Crippen LogP) is 4.83. The quantitative estimate of drug-likeness (QED) is 0.705. The van der Waals surface area contributed by atoms with Gasteiger partial charge in [-0.1, -0.05) is 48.5 Å². The molecular formula is C21H22F3NO3. The summed E-state index contributed by atoms with van der Waals surface area (Å²) < 4.78 is 46.6. The molecule has 4 nitrogen and oxygen atoms in total. The van der Waals surface area contributed by atoms with E-state index < -0.39 is 24.9 Å². The van der Waals surface area contributed by atoms with Crippen LogP contribution >= 0.6 is 0 Å². The highest BCUT2D eigenvalue weighted by Crippen LogP contribution is 2.44. The van der Waals surface area contributed by atoms with E-state index in [9.17, 15) is 18.0 Å². The number of likely N-dealkylation sites (N-methyl/N-ethyl adjacent to an activating group) is 1. The largest absolute Gasteiger partial charge is 0.448 e. The average Bonchev–Trinajstić information content (AvgIpc) is 2.98. The number of hydrogen-bond acceptors (Lipinski definition) is 3. The summed E-state index contributed by atoms with van der Waals surface area (Å²) in [6.07, 6.45) is -4.98. The van der Waals surface area contributed by atoms with Gasteiger partial charge in [-0.15, -0.1) is 0 Å². The molecule has 0 bridgehead atoms. The van der Waals surface area contributed by atoms with E-state index in [0.29, 0.717) is 0 Å². The molecule has 1 aliphatic rings. The first-order chi connectivity index (χ1) is 13.3. The Bertz CT molecular complexity index is 792. The maximum absolute atomic E-state index is 12.4. The maximum atomic E-state index is 12.4. The molecule has 0 spiro atoms. The van der Waals surface area contributed by atoms with Gasteiger partial charge in [-0.2, -0.15) is 13.2 Å². The molecule has 3 rings (SSSR count). The molecule has 0 saturated carbocycles. The topological polar surface area (TPSA) is 38.8 Å². The number of carbonyl (C=O) groups excluding carboxylic acids is 1. The van der Waals surface area contributed by atoms with Crippen LogP contribution < -0.4 is 0 Å². The maximum Gasteiger partial charge on any atom is 0.411 e. The van der Waals surface area contributed by atoms with Crippen molar-refractivity contribution in [2.24, 2.45) is 0 Å². The molecule has 0 N–H and O–H groups in total. The van der Waals surface area contributed by atoms with Crippen molar-refractivity contribution >= 4 is 6.09 Å². The second-order valence-electron chi connectivity index (χ2n) is 6.89. The fraction of sp³-hybridized carbons (Fsp3) is 0.381. The highest BCUT2D eigenvalue weighted by atomic mass is 19.4. The van der Waals surface area contributed by atoms with E-state index in [1.165, 1.54) is 11.9 Å². The van der Waals surface area contributed by atoms with Gasteiger partial charge in [0.15, 0.2) is 0 Å². The first kappa shape index (κ1) is 20.2. The number of rotatable bonds is 6. The van der Waals surface area contributed by atoms with E-state index in [1.807, 2.05) is 48.5 Å². The van der Waals surface area contributed by atoms with Crippen molar-refractivity contribution in [2.45, 2.75) is 25.1 Å². The molecule has 0 heterocycles. The summed E-state index contributed by atoms with van der Waals surface area (Å²) in [5, 5.41) is 0. The van der Waals surface area contributed by atoms with Gasteiger partial charge in [0.1, 0.15) is 13.2 Å². The fourth-order valence-corrected chi connectivity index (χ4v) is 3.33. The van der Waals surface area contributed by atoms with Crippen LogP contribution in [0.5, 0.6) is 0 Å². The van der Waals surface area contributed by atoms with Gasteiger partial charge in [-0.25, -0.2) is 4.79 Å². The lowest BCUT2D eigenvalue weighted by atomic mass is 9.98. The van der Waals surface area contributed by atoms with Crippen molar-refractivity contribution < 1.29 is 27.4 Å². The van der Waals surface area contributed by atoms with Crippen LogP contribution in [0, 0.1) is 0 Å². The molecule has 0 radical (unpaired) electrons. The van der Waals surface area contributed by atoms with Crippen LogP contribution in [0.1, 0.15) is 24.0 Å². The van der Waals surface area contributed by atoms with Crippen LogP contribution in [0.25, 0.3) is 11.1 Å². The number of amides is 1. The zero-order valence-corrected chi connectivity index (χ0v) is 15.7. The van der Waals surface area contributed by atoms with E-state index in [0.717, 1.165) is 22.3 Å². The van der Waals surface area contributed by atoms with Crippen LogP contribution in [-0.2, 0) is 9.47 Å². The molecule has 1 amide bonds. The van der Waals surface area contributed by atoms with Crippen LogP contribution in [0.3, 0.4) is 0 Å². The van der Waals surface area contributed by atoms with Gasteiger partial charge >= 0.3 is 12.3 Å². The number of alkyl halides is 3. The average molecular weight is 393 g/mol. The molecule has 2 aromatic carbocycles. The Hall–Kier alpha value is -2.54. The van der Waals surface area contributed by atoms with Crippen molar-refractivity contribution in [2.75, 3.05) is 26.9 Å². The summed E-state index contributed by atoms with van der Waals surface area (Å²) >= 11 is 0. The van der Waals surface area contributed by atoms with E-state index >= 15 is 0 Å². The highest BCUT2D eigenvalue weighted by molar-refractivity contribution is 5.79. The Kier molecular flexibility index (Phi) is 5.93. The van der Waals surface area contributed by atoms with E-state index in [-0.39, 0.29) is 19.1 Å². The van der Waals surface area contributed by atoms with E-state index in [1.54, 1.807) is 6.92 Å². The first-order valence-electron chi connectivity index (χ1n) is 9.00. The Morgan fingerprint density at radius 2 is 1.61 bits per heavy atom. The number of fused-ring (bicyclic) bond motifs is 3. The molecule has 0 aliphatic heterocycles. The summed E-state index contributed by atoms with van der Waals surface area (Å²) in [5.74, 6) is -0.0680. The Morgan fingerprint density at radius 1 is 1.07 bits per heavy atom. The lowest BCUT2D eigenvalue weighted by Crippen LogP contribution is -2.39. The van der Waals surface area contributed by atoms with E-state index in [2.05, 4.69) is 4.74 Å². The SMILES string of the molecule is C[C@@H](COCC(F)(F)F)N(C)C(=O)OCC1c2ccccc2-c2ccccc21. The minimum atomic E-state index is -4.39. The standard InChI is InChI=1S/C21H22F3NO3/c1-14(11-27-13-21(22,23)24)25(2)20(26)28-12-19-17-9-5-3-7-15(17)16-8-4-6-10-18(16)19/h3-10,14,19H,11-13H2,1-2H3/t14-/m0/s1. The number of hydrogen-bond donors (Lipinski definition) is 0. The van der Waals surface area contributed by atoms with Gasteiger partial charge in [0.25, 0.3) is 0 Å². The third kappa shape index (κ3) is 4.47. The van der Waals surface area contributed by atoms with Gasteiger partial charge in [-0.05, 0) is 29.2 Å². The summed E-state index contributed by atoms with van der Waals surface area (Å²) in [6, 6.07) is 15.4. The van der Waals surface area contributed by atoms with Gasteiger partial charge in [0.05, 0.1) is 12.6 Å². The molecule has 150 valence electrons. The van der Waals surface area contributed by atoms with Gasteiger partial charge < -0.3 is 14.4 Å². The number of nitrogens with zero attached hydrogens (tertiary/aromatic N) is 1. The van der Waals surface area contributed by atoms with E-state index in [4.69, 9.17) is 4.74 Å². The zero-order valence-electron chi connectivity index (χ0n) is 15.7. The minimum absolute atomic E-state index is 0.0680. The van der Waals surface area contributed by atoms with Crippen molar-refractivity contribution in [1.82, 2.24) is 4.90 Å². The highest BCUT2D eigenvalue weighted by Gasteiger charge is 2.30. The Balaban J connectivity index is 1.60. The number of carbonyl (C=O) groups is 1. The second kappa shape index (κ2) is 8.22. The molecule has 2 aromatic rings. The van der Waals surface area contributed by atoms with Gasteiger partial charge in [-0.3, -0.25) is 0 Å². The van der Waals surface area contributed by atoms with Crippen LogP contribution in [0.15, 0.2) is 48.5 Å². The third-order valence-corrected chi connectivity index (χ3v) is 4.91. The predicted molar refractivity (Wildman–Crippen MR) is 99.2 cm³/mol. The lowest BCUT2D eigenvalue weighted by molar-refractivity contribution is -0.176. The molecule has 0 saturated heterocycles. The summed E-state index contributed by atoms with van der Waals surface area (Å²) in [7, 11) is 1.49. The number of benzene rings is 2. The normalized spacial score (nSPS) is 14.3. The molecule has 0 aromatic heterocycles. The molecule has 1 aliphatic carbocycles. The molecule has 0 unspecified atom stereocenters. The summed E-state index contributed by atoms with van der Waals surface area (Å²) in [6.45, 7) is 0.210. The molecule has 1 atom stereocenters. The number of ether oxygens (including phenoxy) is 2. The third-order valence-electron chi connectivity index (χ3n) is 4.91. The first-order valence-corrected chi connectivity index (χ1v) is 9.00. The summed E-state index contributed by atoms with van der Waals surface area (Å²) in [5.41, 5.74) is 4.45. The lowest BCUT2D eigenvalue weighted by Gasteiger charge is -2.25. The molecule has 7 heteroatoms. The van der Waals surface area contributed by atoms with Crippen LogP contribution in [0.4, 0.5) is 18.0 Å². The minimum Gasteiger partial charge on any atom is -0.448 e. The van der Waals surface area contributed by atoms with Crippen LogP contribution in [0.2, 0.25) is 0 Å². The second-order valence-corrected chi connectivity index (χ2v) is 6.89. The van der Waals surface area contributed by atoms with Crippen molar-refractivity contribution in [3.05, 3.63) is 59.7 Å². The number of halogens is 3. The fourth-order valence-electron chi connectivity index (χ4n) is 3.33. The molecular weight excluding hydrogens is 371 g/mol. The van der Waals surface area contributed by atoms with Crippen molar-refractivity contribution in [3.8, 4) is 11.1 Å². The van der Waals surface area contributed by atoms with Crippen molar-refractivity contribution in [3.63, 3.8) is 0 Å². The molecule has 28 heavy (non-hydrogen) atoms. The zero-order chi connectivity index (χ0) is 20.3.